The molecule has 3 aromatic rings. The quantitative estimate of drug-likeness (QED) is 0.604. The zero-order chi connectivity index (χ0) is 19.5. The molecule has 0 unspecified atom stereocenters. The van der Waals surface area contributed by atoms with E-state index in [0.717, 1.165) is 12.0 Å². The lowest BCUT2D eigenvalue weighted by atomic mass is 9.95. The molecule has 0 amide bonds. The van der Waals surface area contributed by atoms with Crippen LogP contribution in [-0.2, 0) is 11.2 Å². The van der Waals surface area contributed by atoms with E-state index < -0.39 is 5.97 Å². The van der Waals surface area contributed by atoms with Gasteiger partial charge in [0.25, 0.3) is 0 Å². The summed E-state index contributed by atoms with van der Waals surface area (Å²) >= 11 is 0. The normalized spacial score (nSPS) is 20.3. The van der Waals surface area contributed by atoms with Crippen LogP contribution in [0.25, 0.3) is 10.8 Å². The Bertz CT molecular complexity index is 958. The summed E-state index contributed by atoms with van der Waals surface area (Å²) in [7, 11) is 0. The molecular formula is C25H27NO2. The van der Waals surface area contributed by atoms with Gasteiger partial charge in [-0.1, -0.05) is 66.7 Å². The number of fused-ring (bicyclic) bond motifs is 1. The average molecular weight is 373 g/mol. The molecule has 28 heavy (non-hydrogen) atoms. The van der Waals surface area contributed by atoms with Gasteiger partial charge in [0.2, 0.25) is 0 Å². The van der Waals surface area contributed by atoms with Crippen molar-refractivity contribution in [3.8, 4) is 0 Å². The summed E-state index contributed by atoms with van der Waals surface area (Å²) in [5, 5.41) is 15.4. The average Bonchev–Trinajstić information content (AvgIpc) is 3.16. The predicted molar refractivity (Wildman–Crippen MR) is 114 cm³/mol. The number of hydrogen-bond acceptors (Lipinski definition) is 2. The Morgan fingerprint density at radius 2 is 1.79 bits per heavy atom. The van der Waals surface area contributed by atoms with E-state index in [-0.39, 0.29) is 6.42 Å². The third-order valence-electron chi connectivity index (χ3n) is 6.01. The molecule has 0 aromatic heterocycles. The first-order valence-corrected chi connectivity index (χ1v) is 10.1. The molecule has 0 heterocycles. The number of carboxylic acid groups (broad SMARTS) is 1. The third-order valence-corrected chi connectivity index (χ3v) is 6.01. The third kappa shape index (κ3) is 4.10. The van der Waals surface area contributed by atoms with Crippen molar-refractivity contribution in [2.24, 2.45) is 0 Å². The second kappa shape index (κ2) is 8.15. The topological polar surface area (TPSA) is 49.3 Å². The molecular weight excluding hydrogens is 346 g/mol. The molecule has 0 bridgehead atoms. The van der Waals surface area contributed by atoms with Gasteiger partial charge in [-0.2, -0.15) is 0 Å². The fourth-order valence-electron chi connectivity index (χ4n) is 4.59. The molecule has 3 nitrogen and oxygen atoms in total. The maximum absolute atomic E-state index is 10.8. The Morgan fingerprint density at radius 3 is 2.57 bits per heavy atom. The highest BCUT2D eigenvalue weighted by atomic mass is 16.4. The van der Waals surface area contributed by atoms with Gasteiger partial charge in [0.05, 0.1) is 6.42 Å². The Hall–Kier alpha value is -2.65. The second-order valence-electron chi connectivity index (χ2n) is 7.98. The number of nitrogens with one attached hydrogen (secondary N) is 1. The molecule has 1 fully saturated rings. The zero-order valence-electron chi connectivity index (χ0n) is 16.3. The fourth-order valence-corrected chi connectivity index (χ4v) is 4.59. The van der Waals surface area contributed by atoms with Crippen LogP contribution in [0.15, 0.2) is 66.7 Å². The minimum absolute atomic E-state index is 0.0949. The number of carbonyl (C=O) groups is 1. The summed E-state index contributed by atoms with van der Waals surface area (Å²) in [4.78, 5) is 10.8. The molecule has 3 heteroatoms. The van der Waals surface area contributed by atoms with Gasteiger partial charge in [-0.15, -0.1) is 0 Å². The molecule has 1 aliphatic rings. The van der Waals surface area contributed by atoms with E-state index >= 15 is 0 Å². The highest BCUT2D eigenvalue weighted by Gasteiger charge is 2.27. The van der Waals surface area contributed by atoms with Gasteiger partial charge in [-0.3, -0.25) is 4.79 Å². The molecule has 0 radical (unpaired) electrons. The highest BCUT2D eigenvalue weighted by Crippen LogP contribution is 2.36. The van der Waals surface area contributed by atoms with Gasteiger partial charge in [-0.25, -0.2) is 0 Å². The minimum atomic E-state index is -0.777. The van der Waals surface area contributed by atoms with Crippen LogP contribution in [-0.4, -0.2) is 17.1 Å². The Kier molecular flexibility index (Phi) is 5.45. The molecule has 0 spiro atoms. The van der Waals surface area contributed by atoms with E-state index in [0.29, 0.717) is 18.0 Å². The Morgan fingerprint density at radius 1 is 1.04 bits per heavy atom. The SMILES string of the molecule is C[C@@H](N[C@H]1CC[C@@H](c2ccc(CC(=O)O)cc2)C1)c1cccc2ccccc12. The number of benzene rings is 3. The van der Waals surface area contributed by atoms with E-state index in [4.69, 9.17) is 5.11 Å². The van der Waals surface area contributed by atoms with Gasteiger partial charge in [0.1, 0.15) is 0 Å². The smallest absolute Gasteiger partial charge is 0.307 e. The van der Waals surface area contributed by atoms with Crippen molar-refractivity contribution in [2.75, 3.05) is 0 Å². The van der Waals surface area contributed by atoms with Crippen molar-refractivity contribution < 1.29 is 9.90 Å². The summed E-state index contributed by atoms with van der Waals surface area (Å²) in [5.41, 5.74) is 3.56. The van der Waals surface area contributed by atoms with Gasteiger partial charge in [0, 0.05) is 12.1 Å². The minimum Gasteiger partial charge on any atom is -0.481 e. The van der Waals surface area contributed by atoms with Crippen LogP contribution < -0.4 is 5.32 Å². The monoisotopic (exact) mass is 373 g/mol. The first-order chi connectivity index (χ1) is 13.6. The first-order valence-electron chi connectivity index (χ1n) is 10.1. The van der Waals surface area contributed by atoms with Crippen LogP contribution in [0.5, 0.6) is 0 Å². The summed E-state index contributed by atoms with van der Waals surface area (Å²) in [6, 6.07) is 24.1. The van der Waals surface area contributed by atoms with Gasteiger partial charge in [0.15, 0.2) is 0 Å². The standard InChI is InChI=1S/C25H27NO2/c1-17(23-8-4-6-20-5-2-3-7-24(20)23)26-22-14-13-21(16-22)19-11-9-18(10-12-19)15-25(27)28/h2-12,17,21-22,26H,13-16H2,1H3,(H,27,28)/t17-,21-,22+/m1/s1. The summed E-state index contributed by atoms with van der Waals surface area (Å²) in [6.45, 7) is 2.26. The maximum atomic E-state index is 10.8. The van der Waals surface area contributed by atoms with Gasteiger partial charge in [-0.05, 0) is 59.6 Å². The van der Waals surface area contributed by atoms with Crippen molar-refractivity contribution in [3.05, 3.63) is 83.4 Å². The van der Waals surface area contributed by atoms with Crippen molar-refractivity contribution in [3.63, 3.8) is 0 Å². The lowest BCUT2D eigenvalue weighted by Crippen LogP contribution is -2.29. The number of carboxylic acids is 1. The van der Waals surface area contributed by atoms with Gasteiger partial charge < -0.3 is 10.4 Å². The molecule has 2 N–H and O–H groups in total. The Labute approximate surface area is 166 Å². The number of hydrogen-bond donors (Lipinski definition) is 2. The summed E-state index contributed by atoms with van der Waals surface area (Å²) < 4.78 is 0. The van der Waals surface area contributed by atoms with Crippen LogP contribution in [0.3, 0.4) is 0 Å². The molecule has 4 rings (SSSR count). The maximum Gasteiger partial charge on any atom is 0.307 e. The summed E-state index contributed by atoms with van der Waals surface area (Å²) in [6.07, 6.45) is 3.58. The molecule has 1 saturated carbocycles. The summed E-state index contributed by atoms with van der Waals surface area (Å²) in [5.74, 6) is -0.226. The molecule has 0 saturated heterocycles. The van der Waals surface area contributed by atoms with E-state index in [9.17, 15) is 4.79 Å². The Balaban J connectivity index is 1.41. The predicted octanol–water partition coefficient (Wildman–Crippen LogP) is 5.45. The molecule has 3 atom stereocenters. The van der Waals surface area contributed by atoms with Crippen LogP contribution in [0.1, 0.15) is 54.8 Å². The fraction of sp³-hybridized carbons (Fsp3) is 0.320. The van der Waals surface area contributed by atoms with Crippen LogP contribution in [0.4, 0.5) is 0 Å². The van der Waals surface area contributed by atoms with E-state index in [2.05, 4.69) is 66.8 Å². The highest BCUT2D eigenvalue weighted by molar-refractivity contribution is 5.86. The molecule has 1 aliphatic carbocycles. The molecule has 0 aliphatic heterocycles. The van der Waals surface area contributed by atoms with Crippen LogP contribution in [0.2, 0.25) is 0 Å². The number of aliphatic carboxylic acids is 1. The van der Waals surface area contributed by atoms with Crippen LogP contribution in [0, 0.1) is 0 Å². The van der Waals surface area contributed by atoms with Crippen molar-refractivity contribution in [1.29, 1.82) is 0 Å². The van der Waals surface area contributed by atoms with Gasteiger partial charge >= 0.3 is 5.97 Å². The number of rotatable bonds is 6. The lowest BCUT2D eigenvalue weighted by molar-refractivity contribution is -0.136. The molecule has 144 valence electrons. The van der Waals surface area contributed by atoms with E-state index in [1.165, 1.54) is 34.7 Å². The lowest BCUT2D eigenvalue weighted by Gasteiger charge is -2.21. The van der Waals surface area contributed by atoms with E-state index in [1.807, 2.05) is 12.1 Å². The second-order valence-corrected chi connectivity index (χ2v) is 7.98. The largest absolute Gasteiger partial charge is 0.481 e. The van der Waals surface area contributed by atoms with Crippen molar-refractivity contribution in [1.82, 2.24) is 5.32 Å². The van der Waals surface area contributed by atoms with Crippen molar-refractivity contribution >= 4 is 16.7 Å². The van der Waals surface area contributed by atoms with Crippen molar-refractivity contribution in [2.45, 2.75) is 50.6 Å². The zero-order valence-corrected chi connectivity index (χ0v) is 16.3. The van der Waals surface area contributed by atoms with E-state index in [1.54, 1.807) is 0 Å². The first kappa shape index (κ1) is 18.7. The molecule has 3 aromatic carbocycles. The van der Waals surface area contributed by atoms with Crippen LogP contribution >= 0.6 is 0 Å².